The van der Waals surface area contributed by atoms with Gasteiger partial charge in [0.2, 0.25) is 0 Å². The second kappa shape index (κ2) is 3.84. The molecule has 0 aliphatic rings. The Labute approximate surface area is 113 Å². The van der Waals surface area contributed by atoms with Crippen LogP contribution < -0.4 is 22.1 Å². The summed E-state index contributed by atoms with van der Waals surface area (Å²) in [4.78, 5) is 15.6. The van der Waals surface area contributed by atoms with Gasteiger partial charge in [0, 0.05) is 32.8 Å². The van der Waals surface area contributed by atoms with Gasteiger partial charge in [0.15, 0.2) is 5.43 Å². The van der Waals surface area contributed by atoms with E-state index in [2.05, 4.69) is 4.85 Å². The molecule has 0 amide bonds. The second-order valence-corrected chi connectivity index (χ2v) is 4.43. The lowest BCUT2D eigenvalue weighted by molar-refractivity contribution is 1.52. The van der Waals surface area contributed by atoms with Gasteiger partial charge in [-0.05, 0) is 23.6 Å². The van der Waals surface area contributed by atoms with Crippen LogP contribution in [0.5, 0.6) is 0 Å². The quantitative estimate of drug-likeness (QED) is 0.469. The van der Waals surface area contributed by atoms with Crippen molar-refractivity contribution in [3.05, 3.63) is 51.1 Å². The fraction of sp³-hybridized carbons (Fsp3) is 0. The summed E-state index contributed by atoms with van der Waals surface area (Å²) in [7, 11) is 0. The molecule has 0 aromatic heterocycles. The van der Waals surface area contributed by atoms with Crippen molar-refractivity contribution >= 4 is 38.6 Å². The fourth-order valence-corrected chi connectivity index (χ4v) is 2.58. The minimum Gasteiger partial charge on any atom is -0.398 e. The van der Waals surface area contributed by atoms with Crippen molar-refractivity contribution in [1.82, 2.24) is 0 Å². The summed E-state index contributed by atoms with van der Waals surface area (Å²) in [6, 6.07) is 8.28. The minimum atomic E-state index is -0.330. The first-order chi connectivity index (χ1) is 9.60. The van der Waals surface area contributed by atoms with Crippen molar-refractivity contribution in [3.8, 4) is 6.07 Å². The number of nitriles is 1. The van der Waals surface area contributed by atoms with Gasteiger partial charge in [0.1, 0.15) is 0 Å². The van der Waals surface area contributed by atoms with Gasteiger partial charge in [-0.1, -0.05) is 6.07 Å². The molecule has 0 fully saturated rings. The van der Waals surface area contributed by atoms with E-state index in [1.165, 1.54) is 0 Å². The Kier molecular flexibility index (Phi) is 2.26. The van der Waals surface area contributed by atoms with Crippen LogP contribution in [0.3, 0.4) is 0 Å². The summed E-state index contributed by atoms with van der Waals surface area (Å²) < 4.78 is 0. The Hall–Kier alpha value is -3.31. The maximum absolute atomic E-state index is 12.4. The molecule has 0 unspecified atom stereocenters. The predicted octanol–water partition coefficient (Wildman–Crippen LogP) is 1.23. The molecule has 3 aromatic rings. The molecule has 3 rings (SSSR count). The second-order valence-electron chi connectivity index (χ2n) is 4.43. The Morgan fingerprint density at radius 2 is 1.70 bits per heavy atom. The van der Waals surface area contributed by atoms with E-state index in [0.29, 0.717) is 32.9 Å². The average Bonchev–Trinajstić information content (AvgIpc) is 2.72. The van der Waals surface area contributed by atoms with Crippen LogP contribution in [0, 0.1) is 17.9 Å². The number of rotatable bonds is 0. The summed E-state index contributed by atoms with van der Waals surface area (Å²) >= 11 is 0. The third kappa shape index (κ3) is 1.26. The topological polar surface area (TPSA) is 97.3 Å². The van der Waals surface area contributed by atoms with Crippen molar-refractivity contribution in [2.75, 3.05) is 11.5 Å². The van der Waals surface area contributed by atoms with E-state index < -0.39 is 0 Å². The maximum Gasteiger partial charge on any atom is 0.273 e. The summed E-state index contributed by atoms with van der Waals surface area (Å²) in [6.45, 7) is 7.04. The highest BCUT2D eigenvalue weighted by Crippen LogP contribution is 2.32. The zero-order valence-corrected chi connectivity index (χ0v) is 10.3. The van der Waals surface area contributed by atoms with Gasteiger partial charge < -0.3 is 11.5 Å². The van der Waals surface area contributed by atoms with Crippen molar-refractivity contribution in [1.29, 1.82) is 5.26 Å². The van der Waals surface area contributed by atoms with Crippen LogP contribution >= 0.6 is 0 Å². The molecule has 0 radical (unpaired) electrons. The van der Waals surface area contributed by atoms with Crippen LogP contribution in [0.1, 0.15) is 0 Å². The summed E-state index contributed by atoms with van der Waals surface area (Å²) in [5.74, 6) is 0. The molecular formula is C15H8N4O. The summed E-state index contributed by atoms with van der Waals surface area (Å²) in [5.41, 5.74) is 12.2. The number of hydrogen-bond acceptors (Lipinski definition) is 4. The monoisotopic (exact) mass is 260 g/mol. The van der Waals surface area contributed by atoms with Crippen LogP contribution in [-0.4, -0.2) is 0 Å². The maximum atomic E-state index is 12.4. The van der Waals surface area contributed by atoms with Crippen LogP contribution in [0.2, 0.25) is 0 Å². The van der Waals surface area contributed by atoms with Gasteiger partial charge in [0.25, 0.3) is 5.70 Å². The van der Waals surface area contributed by atoms with E-state index in [-0.39, 0.29) is 16.3 Å². The molecule has 0 spiro atoms. The van der Waals surface area contributed by atoms with E-state index in [1.54, 1.807) is 30.3 Å². The highest BCUT2D eigenvalue weighted by molar-refractivity contribution is 6.20. The van der Waals surface area contributed by atoms with Crippen LogP contribution in [0.15, 0.2) is 29.1 Å². The molecule has 20 heavy (non-hydrogen) atoms. The molecule has 5 heteroatoms. The van der Waals surface area contributed by atoms with Gasteiger partial charge in [-0.2, -0.15) is 0 Å². The van der Waals surface area contributed by atoms with Crippen LogP contribution in [0.4, 0.5) is 11.4 Å². The standard InChI is InChI=1S/C15H8N4O/c1-19-11(6-16)13-7-2-4-9(17)14-10(18)5-3-8(12(7)14)15(13)20/h2-5H,17-18H2/b13-11-. The fourth-order valence-electron chi connectivity index (χ4n) is 2.58. The van der Waals surface area contributed by atoms with Crippen molar-refractivity contribution in [2.24, 2.45) is 0 Å². The number of hydrogen-bond donors (Lipinski definition) is 2. The number of nitrogens with zero attached hydrogens (tertiary/aromatic N) is 2. The van der Waals surface area contributed by atoms with Gasteiger partial charge >= 0.3 is 0 Å². The molecule has 94 valence electrons. The smallest absolute Gasteiger partial charge is 0.273 e. The van der Waals surface area contributed by atoms with E-state index in [1.807, 2.05) is 0 Å². The molecule has 0 atom stereocenters. The SMILES string of the molecule is [C-]#[N+]/C(C#N)=c1\c(=O)c2ccc(N)c3c(N)ccc1c32. The summed E-state index contributed by atoms with van der Waals surface area (Å²) in [6.07, 6.45) is 0. The molecule has 3 aromatic carbocycles. The Balaban J connectivity index is 2.84. The predicted molar refractivity (Wildman–Crippen MR) is 78.6 cm³/mol. The molecular weight excluding hydrogens is 252 g/mol. The van der Waals surface area contributed by atoms with Gasteiger partial charge in [-0.25, -0.2) is 10.1 Å². The van der Waals surface area contributed by atoms with E-state index in [9.17, 15) is 4.79 Å². The highest BCUT2D eigenvalue weighted by Gasteiger charge is 2.16. The van der Waals surface area contributed by atoms with Gasteiger partial charge in [-0.3, -0.25) is 4.79 Å². The van der Waals surface area contributed by atoms with E-state index >= 15 is 0 Å². The van der Waals surface area contributed by atoms with E-state index in [4.69, 9.17) is 23.3 Å². The molecule has 5 nitrogen and oxygen atoms in total. The zero-order valence-electron chi connectivity index (χ0n) is 10.3. The lowest BCUT2D eigenvalue weighted by Crippen LogP contribution is -2.21. The minimum absolute atomic E-state index is 0.133. The molecule has 0 bridgehead atoms. The third-order valence-electron chi connectivity index (χ3n) is 3.42. The molecule has 0 aliphatic heterocycles. The van der Waals surface area contributed by atoms with Crippen molar-refractivity contribution in [2.45, 2.75) is 0 Å². The number of anilines is 2. The van der Waals surface area contributed by atoms with Crippen molar-refractivity contribution in [3.63, 3.8) is 0 Å². The Morgan fingerprint density at radius 1 is 1.10 bits per heavy atom. The lowest BCUT2D eigenvalue weighted by atomic mass is 10.0. The Morgan fingerprint density at radius 3 is 2.25 bits per heavy atom. The summed E-state index contributed by atoms with van der Waals surface area (Å²) in [5, 5.41) is 11.4. The molecule has 0 heterocycles. The zero-order chi connectivity index (χ0) is 14.4. The first-order valence-electron chi connectivity index (χ1n) is 5.77. The van der Waals surface area contributed by atoms with Gasteiger partial charge in [0.05, 0.1) is 12.6 Å². The number of benzene rings is 2. The van der Waals surface area contributed by atoms with E-state index in [0.717, 1.165) is 0 Å². The van der Waals surface area contributed by atoms with Gasteiger partial charge in [-0.15, -0.1) is 0 Å². The third-order valence-corrected chi connectivity index (χ3v) is 3.42. The lowest BCUT2D eigenvalue weighted by Gasteiger charge is -2.05. The largest absolute Gasteiger partial charge is 0.398 e. The molecule has 4 N–H and O–H groups in total. The van der Waals surface area contributed by atoms with Crippen molar-refractivity contribution < 1.29 is 0 Å². The average molecular weight is 260 g/mol. The normalized spacial score (nSPS) is 12.3. The molecule has 0 saturated carbocycles. The first kappa shape index (κ1) is 11.8. The molecule has 0 saturated heterocycles. The highest BCUT2D eigenvalue weighted by atomic mass is 16.1. The number of nitrogens with two attached hydrogens (primary N) is 2. The first-order valence-corrected chi connectivity index (χ1v) is 5.77. The van der Waals surface area contributed by atoms with Crippen LogP contribution in [0.25, 0.3) is 32.1 Å². The Bertz CT molecular complexity index is 1030. The molecule has 0 aliphatic carbocycles. The van der Waals surface area contributed by atoms with Crippen LogP contribution in [-0.2, 0) is 0 Å². The number of nitrogen functional groups attached to an aromatic ring is 2.